The minimum absolute atomic E-state index is 0.391. The zero-order valence-electron chi connectivity index (χ0n) is 7.24. The van der Waals surface area contributed by atoms with Crippen molar-refractivity contribution in [3.8, 4) is 0 Å². The number of nitrogens with one attached hydrogen (secondary N) is 1. The lowest BCUT2D eigenvalue weighted by Crippen LogP contribution is -2.02. The first-order chi connectivity index (χ1) is 6.74. The standard InChI is InChI=1S/C8H6IN3O2/c1-14-8(13)4-2-3-10-6-5(4)11-12-7(6)9/h2-3H,1H3,(H,11,12). The van der Waals surface area contributed by atoms with Crippen LogP contribution in [0.25, 0.3) is 11.0 Å². The fourth-order valence-corrected chi connectivity index (χ4v) is 1.70. The van der Waals surface area contributed by atoms with E-state index in [-0.39, 0.29) is 0 Å². The predicted octanol–water partition coefficient (Wildman–Crippen LogP) is 1.35. The number of aromatic nitrogens is 3. The number of methoxy groups -OCH3 is 1. The van der Waals surface area contributed by atoms with Crippen molar-refractivity contribution in [1.82, 2.24) is 15.2 Å². The summed E-state index contributed by atoms with van der Waals surface area (Å²) in [5.41, 5.74) is 1.75. The summed E-state index contributed by atoms with van der Waals surface area (Å²) < 4.78 is 5.38. The van der Waals surface area contributed by atoms with E-state index in [0.29, 0.717) is 16.6 Å². The Labute approximate surface area is 93.0 Å². The van der Waals surface area contributed by atoms with Crippen LogP contribution in [0.1, 0.15) is 10.4 Å². The summed E-state index contributed by atoms with van der Waals surface area (Å²) >= 11 is 2.05. The summed E-state index contributed by atoms with van der Waals surface area (Å²) in [5, 5.41) is 6.72. The number of fused-ring (bicyclic) bond motifs is 1. The van der Waals surface area contributed by atoms with E-state index in [4.69, 9.17) is 0 Å². The molecule has 0 saturated carbocycles. The van der Waals surface area contributed by atoms with Gasteiger partial charge in [0, 0.05) is 6.20 Å². The molecule has 0 saturated heterocycles. The van der Waals surface area contributed by atoms with Crippen molar-refractivity contribution in [2.45, 2.75) is 0 Å². The Morgan fingerprint density at radius 2 is 2.43 bits per heavy atom. The summed E-state index contributed by atoms with van der Waals surface area (Å²) in [5.74, 6) is -0.391. The number of esters is 1. The van der Waals surface area contributed by atoms with E-state index in [1.807, 2.05) is 22.6 Å². The molecule has 0 aliphatic carbocycles. The zero-order valence-corrected chi connectivity index (χ0v) is 9.40. The maximum absolute atomic E-state index is 11.3. The van der Waals surface area contributed by atoms with Gasteiger partial charge in [0.15, 0.2) is 0 Å². The van der Waals surface area contributed by atoms with Gasteiger partial charge in [0.25, 0.3) is 0 Å². The van der Waals surface area contributed by atoms with Crippen molar-refractivity contribution in [2.24, 2.45) is 0 Å². The number of hydrogen-bond donors (Lipinski definition) is 1. The van der Waals surface area contributed by atoms with Gasteiger partial charge in [0.1, 0.15) is 9.22 Å². The van der Waals surface area contributed by atoms with Crippen LogP contribution in [-0.2, 0) is 4.74 Å². The molecular formula is C8H6IN3O2. The van der Waals surface area contributed by atoms with E-state index in [1.54, 1.807) is 12.3 Å². The second-order valence-corrected chi connectivity index (χ2v) is 3.61. The lowest BCUT2D eigenvalue weighted by atomic mass is 10.2. The quantitative estimate of drug-likeness (QED) is 0.638. The second kappa shape index (κ2) is 3.52. The summed E-state index contributed by atoms with van der Waals surface area (Å²) in [4.78, 5) is 15.4. The Balaban J connectivity index is 2.71. The van der Waals surface area contributed by atoms with Crippen LogP contribution in [0.2, 0.25) is 0 Å². The normalized spacial score (nSPS) is 10.4. The first kappa shape index (κ1) is 9.38. The molecule has 0 fully saturated rings. The minimum atomic E-state index is -0.391. The molecular weight excluding hydrogens is 297 g/mol. The van der Waals surface area contributed by atoms with Crippen molar-refractivity contribution >= 4 is 39.6 Å². The number of halogens is 1. The fraction of sp³-hybridized carbons (Fsp3) is 0.125. The smallest absolute Gasteiger partial charge is 0.340 e. The van der Waals surface area contributed by atoms with Gasteiger partial charge in [-0.25, -0.2) is 4.79 Å². The predicted molar refractivity (Wildman–Crippen MR) is 57.9 cm³/mol. The number of carbonyl (C=O) groups is 1. The van der Waals surface area contributed by atoms with Crippen molar-refractivity contribution in [2.75, 3.05) is 7.11 Å². The monoisotopic (exact) mass is 303 g/mol. The molecule has 0 atom stereocenters. The van der Waals surface area contributed by atoms with E-state index >= 15 is 0 Å². The highest BCUT2D eigenvalue weighted by atomic mass is 127. The molecule has 2 aromatic rings. The minimum Gasteiger partial charge on any atom is -0.465 e. The lowest BCUT2D eigenvalue weighted by Gasteiger charge is -1.98. The zero-order chi connectivity index (χ0) is 10.1. The van der Waals surface area contributed by atoms with Gasteiger partial charge >= 0.3 is 5.97 Å². The number of nitrogens with zero attached hydrogens (tertiary/aromatic N) is 2. The number of ether oxygens (including phenoxy) is 1. The molecule has 0 radical (unpaired) electrons. The third-order valence-electron chi connectivity index (χ3n) is 1.82. The highest BCUT2D eigenvalue weighted by Crippen LogP contribution is 2.18. The molecule has 0 aliphatic heterocycles. The molecule has 2 rings (SSSR count). The molecule has 2 heterocycles. The molecule has 0 unspecified atom stereocenters. The Hall–Kier alpha value is -1.18. The Morgan fingerprint density at radius 3 is 3.14 bits per heavy atom. The number of carbonyl (C=O) groups excluding carboxylic acids is 1. The van der Waals surface area contributed by atoms with Gasteiger partial charge in [-0.2, -0.15) is 5.10 Å². The molecule has 5 nitrogen and oxygen atoms in total. The van der Waals surface area contributed by atoms with Crippen LogP contribution in [0.3, 0.4) is 0 Å². The van der Waals surface area contributed by atoms with Gasteiger partial charge in [-0.05, 0) is 28.7 Å². The summed E-state index contributed by atoms with van der Waals surface area (Å²) in [6.07, 6.45) is 1.56. The van der Waals surface area contributed by atoms with Gasteiger partial charge in [0.05, 0.1) is 18.2 Å². The Morgan fingerprint density at radius 1 is 1.64 bits per heavy atom. The molecule has 0 bridgehead atoms. The van der Waals surface area contributed by atoms with E-state index in [9.17, 15) is 4.79 Å². The fourth-order valence-electron chi connectivity index (χ4n) is 1.17. The summed E-state index contributed by atoms with van der Waals surface area (Å²) in [6.45, 7) is 0. The third-order valence-corrected chi connectivity index (χ3v) is 2.57. The first-order valence-corrected chi connectivity index (χ1v) is 4.89. The van der Waals surface area contributed by atoms with E-state index in [0.717, 1.165) is 3.70 Å². The largest absolute Gasteiger partial charge is 0.465 e. The molecule has 2 aromatic heterocycles. The van der Waals surface area contributed by atoms with E-state index in [2.05, 4.69) is 19.9 Å². The molecule has 1 N–H and O–H groups in total. The molecule has 0 spiro atoms. The summed E-state index contributed by atoms with van der Waals surface area (Å²) in [7, 11) is 1.34. The SMILES string of the molecule is COC(=O)c1ccnc2c(I)n[nH]c12. The van der Waals surface area contributed by atoms with Gasteiger partial charge < -0.3 is 4.74 Å². The second-order valence-electron chi connectivity index (χ2n) is 2.59. The van der Waals surface area contributed by atoms with E-state index in [1.165, 1.54) is 7.11 Å². The molecule has 0 amide bonds. The van der Waals surface area contributed by atoms with Crippen molar-refractivity contribution in [3.63, 3.8) is 0 Å². The van der Waals surface area contributed by atoms with E-state index < -0.39 is 5.97 Å². The molecule has 6 heteroatoms. The highest BCUT2D eigenvalue weighted by Gasteiger charge is 2.14. The van der Waals surface area contributed by atoms with Gasteiger partial charge in [-0.1, -0.05) is 0 Å². The van der Waals surface area contributed by atoms with Gasteiger partial charge in [-0.3, -0.25) is 10.1 Å². The van der Waals surface area contributed by atoms with Crippen LogP contribution in [0.4, 0.5) is 0 Å². The van der Waals surface area contributed by atoms with Gasteiger partial charge in [-0.15, -0.1) is 0 Å². The van der Waals surface area contributed by atoms with Crippen molar-refractivity contribution in [1.29, 1.82) is 0 Å². The number of hydrogen-bond acceptors (Lipinski definition) is 4. The maximum Gasteiger partial charge on any atom is 0.340 e. The molecule has 0 aromatic carbocycles. The maximum atomic E-state index is 11.3. The lowest BCUT2D eigenvalue weighted by molar-refractivity contribution is 0.0602. The number of pyridine rings is 1. The van der Waals surface area contributed by atoms with Gasteiger partial charge in [0.2, 0.25) is 0 Å². The number of H-pyrrole nitrogens is 1. The number of aromatic amines is 1. The van der Waals surface area contributed by atoms with Crippen molar-refractivity contribution < 1.29 is 9.53 Å². The van der Waals surface area contributed by atoms with Crippen LogP contribution < -0.4 is 0 Å². The molecule has 0 aliphatic rings. The average molecular weight is 303 g/mol. The first-order valence-electron chi connectivity index (χ1n) is 3.81. The van der Waals surface area contributed by atoms with Crippen LogP contribution in [0, 0.1) is 3.70 Å². The van der Waals surface area contributed by atoms with Crippen LogP contribution >= 0.6 is 22.6 Å². The van der Waals surface area contributed by atoms with Crippen LogP contribution in [0.5, 0.6) is 0 Å². The van der Waals surface area contributed by atoms with Crippen molar-refractivity contribution in [3.05, 3.63) is 21.5 Å². The molecule has 72 valence electrons. The average Bonchev–Trinajstić information content (AvgIpc) is 2.59. The third kappa shape index (κ3) is 1.35. The number of rotatable bonds is 1. The Bertz CT molecular complexity index is 494. The topological polar surface area (TPSA) is 67.9 Å². The summed E-state index contributed by atoms with van der Waals surface area (Å²) in [6, 6.07) is 1.60. The molecule has 14 heavy (non-hydrogen) atoms. The Kier molecular flexibility index (Phi) is 2.36. The highest BCUT2D eigenvalue weighted by molar-refractivity contribution is 14.1. The van der Waals surface area contributed by atoms with Crippen LogP contribution in [-0.4, -0.2) is 28.3 Å². The van der Waals surface area contributed by atoms with Crippen LogP contribution in [0.15, 0.2) is 12.3 Å².